The first-order valence-corrected chi connectivity index (χ1v) is 6.72. The molecule has 1 aliphatic carbocycles. The maximum Gasteiger partial charge on any atom is 0.120 e. The summed E-state index contributed by atoms with van der Waals surface area (Å²) in [4.78, 5) is 0. The number of hydrogen-bond donors (Lipinski definition) is 1. The van der Waals surface area contributed by atoms with E-state index < -0.39 is 0 Å². The van der Waals surface area contributed by atoms with Gasteiger partial charge in [-0.25, -0.2) is 0 Å². The predicted molar refractivity (Wildman–Crippen MR) is 69.3 cm³/mol. The molecular weight excluding hydrogens is 212 g/mol. The van der Waals surface area contributed by atoms with Crippen LogP contribution in [-0.4, -0.2) is 11.2 Å². The van der Waals surface area contributed by atoms with E-state index in [9.17, 15) is 5.11 Å². The zero-order valence-corrected chi connectivity index (χ0v) is 10.8. The van der Waals surface area contributed by atoms with Crippen LogP contribution in [0.1, 0.15) is 56.8 Å². The molecule has 0 heterocycles. The van der Waals surface area contributed by atoms with E-state index in [1.165, 1.54) is 5.56 Å². The first-order valence-electron chi connectivity index (χ1n) is 6.72. The molecule has 2 heteroatoms. The van der Waals surface area contributed by atoms with E-state index >= 15 is 0 Å². The van der Waals surface area contributed by atoms with E-state index in [4.69, 9.17) is 4.74 Å². The first-order chi connectivity index (χ1) is 8.24. The van der Waals surface area contributed by atoms with Crippen molar-refractivity contribution >= 4 is 0 Å². The standard InChI is InChI=1S/C15H22O2/c1-3-12(4-2)17-13-9-8-11-6-5-7-15(16)14(11)10-13/h8-10,12,15-16H,3-7H2,1-2H3/t15-/m0/s1. The Kier molecular flexibility index (Phi) is 4.06. The molecule has 0 radical (unpaired) electrons. The molecule has 0 aliphatic heterocycles. The highest BCUT2D eigenvalue weighted by Gasteiger charge is 2.18. The third-order valence-corrected chi connectivity index (χ3v) is 3.61. The normalized spacial score (nSPS) is 19.2. The van der Waals surface area contributed by atoms with Gasteiger partial charge in [-0.1, -0.05) is 19.9 Å². The van der Waals surface area contributed by atoms with Gasteiger partial charge in [-0.05, 0) is 55.4 Å². The number of benzene rings is 1. The fourth-order valence-electron chi connectivity index (χ4n) is 2.47. The molecule has 0 bridgehead atoms. The van der Waals surface area contributed by atoms with Crippen molar-refractivity contribution in [1.82, 2.24) is 0 Å². The molecule has 0 aromatic heterocycles. The maximum atomic E-state index is 9.98. The molecular formula is C15H22O2. The Morgan fingerprint density at radius 3 is 2.82 bits per heavy atom. The molecule has 1 aromatic carbocycles. The van der Waals surface area contributed by atoms with Crippen molar-refractivity contribution in [3.05, 3.63) is 29.3 Å². The zero-order valence-electron chi connectivity index (χ0n) is 10.8. The average Bonchev–Trinajstić information content (AvgIpc) is 2.37. The molecule has 2 rings (SSSR count). The quantitative estimate of drug-likeness (QED) is 0.862. The maximum absolute atomic E-state index is 9.98. The number of aliphatic hydroxyl groups is 1. The van der Waals surface area contributed by atoms with Crippen molar-refractivity contribution in [1.29, 1.82) is 0 Å². The molecule has 94 valence electrons. The van der Waals surface area contributed by atoms with Crippen LogP contribution in [0.4, 0.5) is 0 Å². The fraction of sp³-hybridized carbons (Fsp3) is 0.600. The number of ether oxygens (including phenoxy) is 1. The molecule has 0 saturated heterocycles. The van der Waals surface area contributed by atoms with E-state index in [-0.39, 0.29) is 12.2 Å². The van der Waals surface area contributed by atoms with Gasteiger partial charge in [0.2, 0.25) is 0 Å². The first kappa shape index (κ1) is 12.4. The second kappa shape index (κ2) is 5.54. The second-order valence-corrected chi connectivity index (χ2v) is 4.83. The highest BCUT2D eigenvalue weighted by Crippen LogP contribution is 2.32. The largest absolute Gasteiger partial charge is 0.490 e. The van der Waals surface area contributed by atoms with Gasteiger partial charge < -0.3 is 9.84 Å². The molecule has 0 fully saturated rings. The van der Waals surface area contributed by atoms with Gasteiger partial charge in [-0.15, -0.1) is 0 Å². The van der Waals surface area contributed by atoms with Crippen LogP contribution in [0.3, 0.4) is 0 Å². The van der Waals surface area contributed by atoms with Crippen molar-refractivity contribution in [3.8, 4) is 5.75 Å². The SMILES string of the molecule is CCC(CC)Oc1ccc2c(c1)[C@@H](O)CCC2. The second-order valence-electron chi connectivity index (χ2n) is 4.83. The lowest BCUT2D eigenvalue weighted by molar-refractivity contribution is 0.154. The third kappa shape index (κ3) is 2.81. The van der Waals surface area contributed by atoms with Crippen molar-refractivity contribution in [3.63, 3.8) is 0 Å². The van der Waals surface area contributed by atoms with Gasteiger partial charge >= 0.3 is 0 Å². The van der Waals surface area contributed by atoms with Gasteiger partial charge in [0.05, 0.1) is 12.2 Å². The van der Waals surface area contributed by atoms with E-state index in [0.29, 0.717) is 0 Å². The molecule has 17 heavy (non-hydrogen) atoms. The summed E-state index contributed by atoms with van der Waals surface area (Å²) in [5.41, 5.74) is 2.35. The van der Waals surface area contributed by atoms with Gasteiger partial charge in [0.15, 0.2) is 0 Å². The van der Waals surface area contributed by atoms with Crippen molar-refractivity contribution in [2.24, 2.45) is 0 Å². The predicted octanol–water partition coefficient (Wildman–Crippen LogP) is 3.62. The molecule has 1 aliphatic rings. The minimum atomic E-state index is -0.302. The molecule has 0 unspecified atom stereocenters. The molecule has 2 nitrogen and oxygen atoms in total. The smallest absolute Gasteiger partial charge is 0.120 e. The summed E-state index contributed by atoms with van der Waals surface area (Å²) in [6, 6.07) is 6.17. The van der Waals surface area contributed by atoms with Gasteiger partial charge in [-0.2, -0.15) is 0 Å². The van der Waals surface area contributed by atoms with E-state index in [1.807, 2.05) is 12.1 Å². The van der Waals surface area contributed by atoms with Crippen LogP contribution in [0.15, 0.2) is 18.2 Å². The van der Waals surface area contributed by atoms with Crippen LogP contribution < -0.4 is 4.74 Å². The third-order valence-electron chi connectivity index (χ3n) is 3.61. The molecule has 0 amide bonds. The lowest BCUT2D eigenvalue weighted by atomic mass is 9.89. The number of rotatable bonds is 4. The van der Waals surface area contributed by atoms with Crippen molar-refractivity contribution in [2.45, 2.75) is 58.2 Å². The van der Waals surface area contributed by atoms with Gasteiger partial charge in [0, 0.05) is 0 Å². The summed E-state index contributed by atoms with van der Waals surface area (Å²) >= 11 is 0. The van der Waals surface area contributed by atoms with Gasteiger partial charge in [-0.3, -0.25) is 0 Å². The zero-order chi connectivity index (χ0) is 12.3. The number of fused-ring (bicyclic) bond motifs is 1. The van der Waals surface area contributed by atoms with E-state index in [2.05, 4.69) is 19.9 Å². The monoisotopic (exact) mass is 234 g/mol. The van der Waals surface area contributed by atoms with Crippen LogP contribution in [0, 0.1) is 0 Å². The highest BCUT2D eigenvalue weighted by atomic mass is 16.5. The average molecular weight is 234 g/mol. The molecule has 0 saturated carbocycles. The summed E-state index contributed by atoms with van der Waals surface area (Å²) < 4.78 is 5.92. The Bertz CT molecular complexity index is 369. The highest BCUT2D eigenvalue weighted by molar-refractivity contribution is 5.38. The van der Waals surface area contributed by atoms with E-state index in [0.717, 1.165) is 43.4 Å². The summed E-state index contributed by atoms with van der Waals surface area (Å²) in [5, 5.41) is 9.98. The molecule has 1 N–H and O–H groups in total. The Morgan fingerprint density at radius 1 is 1.35 bits per heavy atom. The summed E-state index contributed by atoms with van der Waals surface area (Å²) in [6.45, 7) is 4.28. The van der Waals surface area contributed by atoms with Gasteiger partial charge in [0.1, 0.15) is 5.75 Å². The van der Waals surface area contributed by atoms with E-state index in [1.54, 1.807) is 0 Å². The molecule has 1 aromatic rings. The number of aryl methyl sites for hydroxylation is 1. The molecule has 0 spiro atoms. The topological polar surface area (TPSA) is 29.5 Å². The summed E-state index contributed by atoms with van der Waals surface area (Å²) in [6.07, 6.45) is 5.07. The van der Waals surface area contributed by atoms with Crippen molar-refractivity contribution in [2.75, 3.05) is 0 Å². The summed E-state index contributed by atoms with van der Waals surface area (Å²) in [5.74, 6) is 0.901. The lowest BCUT2D eigenvalue weighted by Crippen LogP contribution is -2.15. The fourth-order valence-corrected chi connectivity index (χ4v) is 2.47. The Labute approximate surface area is 104 Å². The Morgan fingerprint density at radius 2 is 2.12 bits per heavy atom. The summed E-state index contributed by atoms with van der Waals surface area (Å²) in [7, 11) is 0. The minimum Gasteiger partial charge on any atom is -0.490 e. The van der Waals surface area contributed by atoms with Gasteiger partial charge in [0.25, 0.3) is 0 Å². The molecule has 1 atom stereocenters. The number of hydrogen-bond acceptors (Lipinski definition) is 2. The van der Waals surface area contributed by atoms with Crippen LogP contribution in [0.2, 0.25) is 0 Å². The lowest BCUT2D eigenvalue weighted by Gasteiger charge is -2.23. The van der Waals surface area contributed by atoms with Crippen LogP contribution in [0.25, 0.3) is 0 Å². The Balaban J connectivity index is 2.17. The van der Waals surface area contributed by atoms with Crippen molar-refractivity contribution < 1.29 is 9.84 Å². The number of aliphatic hydroxyl groups excluding tert-OH is 1. The van der Waals surface area contributed by atoms with Crippen LogP contribution in [-0.2, 0) is 6.42 Å². The van der Waals surface area contributed by atoms with Crippen LogP contribution >= 0.6 is 0 Å². The Hall–Kier alpha value is -1.02. The minimum absolute atomic E-state index is 0.286. The van der Waals surface area contributed by atoms with Crippen LogP contribution in [0.5, 0.6) is 5.75 Å².